The Bertz CT molecular complexity index is 1090. The molecule has 2 heterocycles. The first-order valence-electron chi connectivity index (χ1n) is 12.0. The van der Waals surface area contributed by atoms with Crippen molar-refractivity contribution in [3.63, 3.8) is 0 Å². The molecule has 2 fully saturated rings. The molecule has 0 bridgehead atoms. The van der Waals surface area contributed by atoms with E-state index in [4.69, 9.17) is 11.6 Å². The van der Waals surface area contributed by atoms with Crippen LogP contribution >= 0.6 is 11.6 Å². The first-order chi connectivity index (χ1) is 17.1. The van der Waals surface area contributed by atoms with Crippen molar-refractivity contribution < 1.29 is 22.9 Å². The molecule has 11 heteroatoms. The number of hydrogen-bond donors (Lipinski definition) is 1. The zero-order chi connectivity index (χ0) is 25.9. The summed E-state index contributed by atoms with van der Waals surface area (Å²) in [5.74, 6) is 0.536. The van der Waals surface area contributed by atoms with Gasteiger partial charge in [0.25, 0.3) is 5.69 Å². The Morgan fingerprint density at radius 2 is 1.78 bits per heavy atom. The summed E-state index contributed by atoms with van der Waals surface area (Å²) in [6.45, 7) is 2.80. The third-order valence-electron chi connectivity index (χ3n) is 6.98. The largest absolute Gasteiger partial charge is 0.423 e. The number of carbonyl (C=O) groups excluding carboxylic acids is 1. The lowest BCUT2D eigenvalue weighted by Gasteiger charge is -2.33. The number of amides is 1. The third-order valence-corrected chi connectivity index (χ3v) is 7.24. The molecule has 0 aromatic heterocycles. The van der Waals surface area contributed by atoms with Crippen molar-refractivity contribution >= 4 is 34.6 Å². The molecule has 0 spiro atoms. The summed E-state index contributed by atoms with van der Waals surface area (Å²) >= 11 is 5.96. The molecule has 0 saturated carbocycles. The smallest absolute Gasteiger partial charge is 0.380 e. The van der Waals surface area contributed by atoms with E-state index in [0.717, 1.165) is 50.2 Å². The monoisotopic (exact) mass is 524 g/mol. The van der Waals surface area contributed by atoms with Crippen LogP contribution in [0.1, 0.15) is 37.7 Å². The number of anilines is 2. The van der Waals surface area contributed by atoms with Gasteiger partial charge in [0.15, 0.2) is 0 Å². The molecule has 0 aliphatic carbocycles. The summed E-state index contributed by atoms with van der Waals surface area (Å²) in [4.78, 5) is 26.7. The second-order valence-electron chi connectivity index (χ2n) is 9.40. The van der Waals surface area contributed by atoms with Crippen LogP contribution in [0.5, 0.6) is 0 Å². The molecule has 1 atom stereocenters. The van der Waals surface area contributed by atoms with Gasteiger partial charge >= 0.3 is 6.18 Å². The van der Waals surface area contributed by atoms with Crippen LogP contribution < -0.4 is 10.2 Å². The number of nitro benzene ring substituents is 1. The van der Waals surface area contributed by atoms with Crippen LogP contribution in [0.25, 0.3) is 0 Å². The number of piperidine rings is 1. The number of benzene rings is 2. The number of carbonyl (C=O) groups is 1. The summed E-state index contributed by atoms with van der Waals surface area (Å²) in [7, 11) is 0. The molecule has 2 aliphatic rings. The first-order valence-corrected chi connectivity index (χ1v) is 12.4. The number of rotatable bonds is 7. The van der Waals surface area contributed by atoms with Crippen LogP contribution in [0, 0.1) is 16.0 Å². The van der Waals surface area contributed by atoms with Crippen LogP contribution in [0.15, 0.2) is 42.5 Å². The molecule has 4 rings (SSSR count). The predicted octanol–water partition coefficient (Wildman–Crippen LogP) is 5.98. The Morgan fingerprint density at radius 1 is 1.08 bits per heavy atom. The van der Waals surface area contributed by atoms with Crippen LogP contribution in [0.4, 0.5) is 30.2 Å². The van der Waals surface area contributed by atoms with Crippen molar-refractivity contribution in [1.82, 2.24) is 4.90 Å². The fourth-order valence-electron chi connectivity index (χ4n) is 4.97. The van der Waals surface area contributed by atoms with E-state index in [1.807, 2.05) is 24.3 Å². The maximum atomic E-state index is 13.2. The third kappa shape index (κ3) is 6.40. The molecule has 7 nitrogen and oxygen atoms in total. The molecule has 2 aliphatic heterocycles. The van der Waals surface area contributed by atoms with E-state index in [1.165, 1.54) is 6.07 Å². The summed E-state index contributed by atoms with van der Waals surface area (Å²) in [5, 5.41) is 14.7. The Morgan fingerprint density at radius 3 is 2.42 bits per heavy atom. The maximum absolute atomic E-state index is 13.2. The van der Waals surface area contributed by atoms with Gasteiger partial charge in [0.2, 0.25) is 5.91 Å². The Labute approximate surface area is 212 Å². The van der Waals surface area contributed by atoms with Gasteiger partial charge in [-0.1, -0.05) is 11.6 Å². The van der Waals surface area contributed by atoms with Crippen molar-refractivity contribution in [3.05, 3.63) is 63.2 Å². The second kappa shape index (κ2) is 10.9. The van der Waals surface area contributed by atoms with Gasteiger partial charge in [0.1, 0.15) is 5.56 Å². The Hall–Kier alpha value is -3.01. The average molecular weight is 525 g/mol. The molecule has 0 radical (unpaired) electrons. The molecule has 2 saturated heterocycles. The number of alkyl halides is 3. The zero-order valence-corrected chi connectivity index (χ0v) is 20.4. The number of nitrogens with one attached hydrogen (secondary N) is 1. The van der Waals surface area contributed by atoms with Gasteiger partial charge < -0.3 is 15.1 Å². The quantitative estimate of drug-likeness (QED) is 0.356. The van der Waals surface area contributed by atoms with Crippen molar-refractivity contribution in [1.29, 1.82) is 0 Å². The normalized spacial score (nSPS) is 18.9. The number of hydrogen-bond acceptors (Lipinski definition) is 5. The van der Waals surface area contributed by atoms with Gasteiger partial charge in [-0.2, -0.15) is 13.2 Å². The van der Waals surface area contributed by atoms with Crippen LogP contribution in [0.2, 0.25) is 5.02 Å². The lowest BCUT2D eigenvalue weighted by Crippen LogP contribution is -2.35. The summed E-state index contributed by atoms with van der Waals surface area (Å²) < 4.78 is 39.7. The molecular formula is C25H28ClF3N4O3. The topological polar surface area (TPSA) is 78.7 Å². The summed E-state index contributed by atoms with van der Waals surface area (Å²) in [6, 6.07) is 10.5. The van der Waals surface area contributed by atoms with E-state index in [-0.39, 0.29) is 17.6 Å². The molecule has 1 amide bonds. The van der Waals surface area contributed by atoms with Crippen LogP contribution in [0.3, 0.4) is 0 Å². The predicted molar refractivity (Wildman–Crippen MR) is 132 cm³/mol. The van der Waals surface area contributed by atoms with E-state index in [1.54, 1.807) is 4.90 Å². The van der Waals surface area contributed by atoms with E-state index < -0.39 is 22.4 Å². The number of nitro groups is 1. The zero-order valence-electron chi connectivity index (χ0n) is 19.6. The van der Waals surface area contributed by atoms with E-state index >= 15 is 0 Å². The Kier molecular flexibility index (Phi) is 7.92. The van der Waals surface area contributed by atoms with Gasteiger partial charge in [0, 0.05) is 61.1 Å². The minimum absolute atomic E-state index is 0.0547. The minimum Gasteiger partial charge on any atom is -0.380 e. The van der Waals surface area contributed by atoms with Gasteiger partial charge in [0.05, 0.1) is 4.92 Å². The fraction of sp³-hybridized carbons (Fsp3) is 0.480. The molecule has 2 aromatic carbocycles. The highest BCUT2D eigenvalue weighted by Crippen LogP contribution is 2.38. The maximum Gasteiger partial charge on any atom is 0.423 e. The first kappa shape index (κ1) is 26.1. The van der Waals surface area contributed by atoms with Crippen molar-refractivity contribution in [3.8, 4) is 0 Å². The Balaban J connectivity index is 1.23. The number of halogens is 4. The van der Waals surface area contributed by atoms with E-state index in [9.17, 15) is 28.1 Å². The molecule has 0 unspecified atom stereocenters. The van der Waals surface area contributed by atoms with Crippen molar-refractivity contribution in [2.45, 2.75) is 44.3 Å². The van der Waals surface area contributed by atoms with Gasteiger partial charge in [-0.25, -0.2) is 0 Å². The molecule has 36 heavy (non-hydrogen) atoms. The minimum atomic E-state index is -4.83. The molecule has 2 aromatic rings. The van der Waals surface area contributed by atoms with Gasteiger partial charge in [-0.15, -0.1) is 0 Å². The lowest BCUT2D eigenvalue weighted by molar-refractivity contribution is -0.388. The SMILES string of the molecule is O=C(CCC1CCN(c2ccc(Cl)cc2)CC1)N1CC[C@@H](Nc2ccc([N+](=O)[O-])c(C(F)(F)F)c2)C1. The standard InChI is InChI=1S/C25H28ClF3N4O3/c26-18-2-5-21(6-3-18)31-12-9-17(10-13-31)1-8-24(34)32-14-11-20(16-32)30-19-4-7-23(33(35)36)22(15-19)25(27,28)29/h2-7,15,17,20,30H,1,8-14,16H2/t20-/m1/s1. The number of nitrogens with zero attached hydrogens (tertiary/aromatic N) is 3. The summed E-state index contributed by atoms with van der Waals surface area (Å²) in [6.07, 6.45) is -0.927. The van der Waals surface area contributed by atoms with Crippen LogP contribution in [-0.4, -0.2) is 48.0 Å². The molecule has 1 N–H and O–H groups in total. The molecule has 194 valence electrons. The van der Waals surface area contributed by atoms with Gasteiger partial charge in [-0.05, 0) is 68.0 Å². The van der Waals surface area contributed by atoms with Gasteiger partial charge in [-0.3, -0.25) is 14.9 Å². The molecular weight excluding hydrogens is 497 g/mol. The van der Waals surface area contributed by atoms with Crippen LogP contribution in [-0.2, 0) is 11.0 Å². The van der Waals surface area contributed by atoms with E-state index in [0.29, 0.717) is 36.9 Å². The van der Waals surface area contributed by atoms with Crippen molar-refractivity contribution in [2.75, 3.05) is 36.4 Å². The fourth-order valence-corrected chi connectivity index (χ4v) is 5.10. The highest BCUT2D eigenvalue weighted by atomic mass is 35.5. The average Bonchev–Trinajstić information content (AvgIpc) is 3.31. The second-order valence-corrected chi connectivity index (χ2v) is 9.84. The lowest BCUT2D eigenvalue weighted by atomic mass is 9.91. The van der Waals surface area contributed by atoms with E-state index in [2.05, 4.69) is 10.2 Å². The number of likely N-dealkylation sites (tertiary alicyclic amines) is 1. The van der Waals surface area contributed by atoms with Crippen molar-refractivity contribution in [2.24, 2.45) is 5.92 Å². The highest BCUT2D eigenvalue weighted by molar-refractivity contribution is 6.30. The highest BCUT2D eigenvalue weighted by Gasteiger charge is 2.38. The summed E-state index contributed by atoms with van der Waals surface area (Å²) in [5.41, 5.74) is -0.958.